The van der Waals surface area contributed by atoms with Crippen LogP contribution in [-0.4, -0.2) is 29.8 Å². The SMILES string of the molecule is CCOC(=O)/C(=C/NCCCCc1ccccc1)C(=O)c1ccccc1[N+](=O)[O-]. The molecule has 0 unspecified atom stereocenters. The van der Waals surface area contributed by atoms with Gasteiger partial charge in [-0.3, -0.25) is 14.9 Å². The van der Waals surface area contributed by atoms with Gasteiger partial charge in [0.05, 0.1) is 11.5 Å². The fourth-order valence-corrected chi connectivity index (χ4v) is 2.77. The molecule has 0 aliphatic heterocycles. The largest absolute Gasteiger partial charge is 0.462 e. The topological polar surface area (TPSA) is 98.5 Å². The second-order valence-corrected chi connectivity index (χ2v) is 6.28. The van der Waals surface area contributed by atoms with E-state index in [0.29, 0.717) is 6.54 Å². The first kappa shape index (κ1) is 21.8. The second-order valence-electron chi connectivity index (χ2n) is 6.28. The number of aryl methyl sites for hydroxylation is 1. The molecule has 152 valence electrons. The van der Waals surface area contributed by atoms with Crippen LogP contribution in [0.3, 0.4) is 0 Å². The van der Waals surface area contributed by atoms with Crippen LogP contribution in [0.15, 0.2) is 66.4 Å². The van der Waals surface area contributed by atoms with Gasteiger partial charge in [0.25, 0.3) is 5.69 Å². The molecule has 0 saturated heterocycles. The summed E-state index contributed by atoms with van der Waals surface area (Å²) in [6.07, 6.45) is 4.00. The highest BCUT2D eigenvalue weighted by Gasteiger charge is 2.27. The lowest BCUT2D eigenvalue weighted by Gasteiger charge is -2.08. The number of unbranched alkanes of at least 4 members (excludes halogenated alkanes) is 1. The van der Waals surface area contributed by atoms with Gasteiger partial charge < -0.3 is 10.1 Å². The van der Waals surface area contributed by atoms with Crippen LogP contribution in [0.5, 0.6) is 0 Å². The number of carbonyl (C=O) groups excluding carboxylic acids is 2. The molecule has 1 N–H and O–H groups in total. The Labute approximate surface area is 169 Å². The first-order valence-corrected chi connectivity index (χ1v) is 9.47. The fraction of sp³-hybridized carbons (Fsp3) is 0.273. The molecule has 7 nitrogen and oxygen atoms in total. The summed E-state index contributed by atoms with van der Waals surface area (Å²) in [4.78, 5) is 35.6. The molecule has 0 heterocycles. The van der Waals surface area contributed by atoms with E-state index >= 15 is 0 Å². The molecule has 29 heavy (non-hydrogen) atoms. The van der Waals surface area contributed by atoms with Crippen LogP contribution in [-0.2, 0) is 16.0 Å². The van der Waals surface area contributed by atoms with Crippen LogP contribution >= 0.6 is 0 Å². The minimum atomic E-state index is -0.813. The lowest BCUT2D eigenvalue weighted by atomic mass is 10.0. The number of carbonyl (C=O) groups is 2. The minimum absolute atomic E-state index is 0.0947. The molecular weight excluding hydrogens is 372 g/mol. The molecule has 0 saturated carbocycles. The molecule has 0 aliphatic rings. The van der Waals surface area contributed by atoms with Gasteiger partial charge in [-0.15, -0.1) is 0 Å². The quantitative estimate of drug-likeness (QED) is 0.0906. The van der Waals surface area contributed by atoms with Crippen molar-refractivity contribution in [3.63, 3.8) is 0 Å². The maximum Gasteiger partial charge on any atom is 0.343 e. The summed E-state index contributed by atoms with van der Waals surface area (Å²) in [6, 6.07) is 15.6. The predicted molar refractivity (Wildman–Crippen MR) is 110 cm³/mol. The lowest BCUT2D eigenvalue weighted by Crippen LogP contribution is -2.21. The highest BCUT2D eigenvalue weighted by molar-refractivity contribution is 6.25. The third-order valence-corrected chi connectivity index (χ3v) is 4.21. The standard InChI is InChI=1S/C22H24N2O5/c1-2-29-22(26)19(21(25)18-13-6-7-14-20(18)24(27)28)16-23-15-9-8-12-17-10-4-3-5-11-17/h3-7,10-11,13-14,16,23H,2,8-9,12,15H2,1H3/b19-16+. The van der Waals surface area contributed by atoms with E-state index in [1.165, 1.54) is 36.0 Å². The van der Waals surface area contributed by atoms with Gasteiger partial charge in [-0.25, -0.2) is 4.79 Å². The van der Waals surface area contributed by atoms with Crippen LogP contribution in [0, 0.1) is 10.1 Å². The molecular formula is C22H24N2O5. The molecule has 0 radical (unpaired) electrons. The zero-order chi connectivity index (χ0) is 21.1. The van der Waals surface area contributed by atoms with Gasteiger partial charge in [0.1, 0.15) is 11.1 Å². The van der Waals surface area contributed by atoms with Gasteiger partial charge in [-0.2, -0.15) is 0 Å². The molecule has 0 atom stereocenters. The van der Waals surface area contributed by atoms with Crippen LogP contribution in [0.2, 0.25) is 0 Å². The van der Waals surface area contributed by atoms with E-state index in [1.54, 1.807) is 6.92 Å². The average molecular weight is 396 g/mol. The molecule has 0 amide bonds. The minimum Gasteiger partial charge on any atom is -0.462 e. The summed E-state index contributed by atoms with van der Waals surface area (Å²) in [7, 11) is 0. The number of ether oxygens (including phenoxy) is 1. The first-order chi connectivity index (χ1) is 14.0. The number of ketones is 1. The average Bonchev–Trinajstić information content (AvgIpc) is 2.73. The van der Waals surface area contributed by atoms with Crippen molar-refractivity contribution in [3.05, 3.63) is 87.6 Å². The van der Waals surface area contributed by atoms with Crippen LogP contribution in [0.4, 0.5) is 5.69 Å². The number of nitro benzene ring substituents is 1. The van der Waals surface area contributed by atoms with Crippen molar-refractivity contribution in [1.29, 1.82) is 0 Å². The normalized spacial score (nSPS) is 11.0. The predicted octanol–water partition coefficient (Wildman–Crippen LogP) is 3.84. The summed E-state index contributed by atoms with van der Waals surface area (Å²) in [5.74, 6) is -1.56. The Bertz CT molecular complexity index is 878. The Kier molecular flexibility index (Phi) is 8.56. The third kappa shape index (κ3) is 6.57. The monoisotopic (exact) mass is 396 g/mol. The van der Waals surface area contributed by atoms with E-state index < -0.39 is 16.7 Å². The van der Waals surface area contributed by atoms with Crippen molar-refractivity contribution >= 4 is 17.4 Å². The van der Waals surface area contributed by atoms with E-state index in [1.807, 2.05) is 18.2 Å². The number of nitrogens with zero attached hydrogens (tertiary/aromatic N) is 1. The number of hydrogen-bond acceptors (Lipinski definition) is 6. The number of para-hydroxylation sites is 1. The molecule has 0 fully saturated rings. The summed E-state index contributed by atoms with van der Waals surface area (Å²) < 4.78 is 4.95. The van der Waals surface area contributed by atoms with E-state index in [4.69, 9.17) is 4.74 Å². The van der Waals surface area contributed by atoms with Crippen molar-refractivity contribution < 1.29 is 19.2 Å². The number of rotatable bonds is 11. The number of benzene rings is 2. The summed E-state index contributed by atoms with van der Waals surface area (Å²) in [6.45, 7) is 2.28. The number of esters is 1. The van der Waals surface area contributed by atoms with E-state index in [2.05, 4.69) is 17.4 Å². The highest BCUT2D eigenvalue weighted by Crippen LogP contribution is 2.21. The van der Waals surface area contributed by atoms with E-state index in [-0.39, 0.29) is 23.4 Å². The smallest absolute Gasteiger partial charge is 0.343 e. The molecule has 0 bridgehead atoms. The molecule has 0 aromatic heterocycles. The molecule has 0 aliphatic carbocycles. The van der Waals surface area contributed by atoms with Crippen molar-refractivity contribution in [1.82, 2.24) is 5.32 Å². The van der Waals surface area contributed by atoms with Crippen molar-refractivity contribution in [2.24, 2.45) is 0 Å². The van der Waals surface area contributed by atoms with Crippen LogP contribution < -0.4 is 5.32 Å². The number of hydrogen-bond donors (Lipinski definition) is 1. The Morgan fingerprint density at radius 3 is 2.45 bits per heavy atom. The third-order valence-electron chi connectivity index (χ3n) is 4.21. The van der Waals surface area contributed by atoms with E-state index in [0.717, 1.165) is 19.3 Å². The van der Waals surface area contributed by atoms with Crippen molar-refractivity contribution in [3.8, 4) is 0 Å². The fourth-order valence-electron chi connectivity index (χ4n) is 2.77. The van der Waals surface area contributed by atoms with Gasteiger partial charge in [0.2, 0.25) is 5.78 Å². The van der Waals surface area contributed by atoms with Gasteiger partial charge in [-0.1, -0.05) is 42.5 Å². The van der Waals surface area contributed by atoms with Gasteiger partial charge in [-0.05, 0) is 37.8 Å². The van der Waals surface area contributed by atoms with Crippen molar-refractivity contribution in [2.75, 3.05) is 13.2 Å². The Morgan fingerprint density at radius 1 is 1.07 bits per heavy atom. The molecule has 7 heteroatoms. The summed E-state index contributed by atoms with van der Waals surface area (Å²) in [5, 5.41) is 14.2. The number of nitro groups is 1. The van der Waals surface area contributed by atoms with Crippen LogP contribution in [0.25, 0.3) is 0 Å². The maximum absolute atomic E-state index is 12.8. The van der Waals surface area contributed by atoms with Gasteiger partial charge in [0.15, 0.2) is 0 Å². The van der Waals surface area contributed by atoms with Gasteiger partial charge >= 0.3 is 5.97 Å². The first-order valence-electron chi connectivity index (χ1n) is 9.47. The van der Waals surface area contributed by atoms with E-state index in [9.17, 15) is 19.7 Å². The van der Waals surface area contributed by atoms with Crippen LogP contribution in [0.1, 0.15) is 35.7 Å². The Morgan fingerprint density at radius 2 is 1.76 bits per heavy atom. The molecule has 2 aromatic carbocycles. The highest BCUT2D eigenvalue weighted by atomic mass is 16.6. The zero-order valence-corrected chi connectivity index (χ0v) is 16.3. The van der Waals surface area contributed by atoms with Gasteiger partial charge in [0, 0.05) is 18.8 Å². The molecule has 0 spiro atoms. The lowest BCUT2D eigenvalue weighted by molar-refractivity contribution is -0.385. The Hall–Kier alpha value is -3.48. The molecule has 2 aromatic rings. The maximum atomic E-state index is 12.8. The van der Waals surface area contributed by atoms with Crippen molar-refractivity contribution in [2.45, 2.75) is 26.2 Å². The summed E-state index contributed by atoms with van der Waals surface area (Å²) >= 11 is 0. The number of Topliss-reactive ketones (excluding diaryl/α,β-unsaturated/α-hetero) is 1. The molecule has 2 rings (SSSR count). The second kappa shape index (κ2) is 11.4. The summed E-state index contributed by atoms with van der Waals surface area (Å²) in [5.41, 5.74) is 0.490. The Balaban J connectivity index is 2.03. The zero-order valence-electron chi connectivity index (χ0n) is 16.3. The number of nitrogens with one attached hydrogen (secondary N) is 1.